The summed E-state index contributed by atoms with van der Waals surface area (Å²) in [6.45, 7) is 1.62. The van der Waals surface area contributed by atoms with Crippen molar-refractivity contribution in [1.29, 1.82) is 0 Å². The molecule has 0 aliphatic heterocycles. The third-order valence-corrected chi connectivity index (χ3v) is 3.66. The maximum Gasteiger partial charge on any atom is 0.131 e. The number of hydrogen-bond acceptors (Lipinski definition) is 4. The molecule has 0 aromatic carbocycles. The van der Waals surface area contributed by atoms with Crippen LogP contribution in [0.1, 0.15) is 44.3 Å². The Morgan fingerprint density at radius 3 is 2.89 bits per heavy atom. The normalized spacial score (nSPS) is 16.7. The van der Waals surface area contributed by atoms with Crippen molar-refractivity contribution in [3.05, 3.63) is 18.1 Å². The molecule has 1 aromatic rings. The molecule has 1 aliphatic rings. The van der Waals surface area contributed by atoms with Crippen LogP contribution in [0.2, 0.25) is 0 Å². The highest BCUT2D eigenvalue weighted by molar-refractivity contribution is 5.32. The van der Waals surface area contributed by atoms with E-state index in [1.807, 2.05) is 6.07 Å². The highest BCUT2D eigenvalue weighted by Crippen LogP contribution is 2.26. The second-order valence-corrected chi connectivity index (χ2v) is 5.12. The summed E-state index contributed by atoms with van der Waals surface area (Å²) in [4.78, 5) is 8.64. The van der Waals surface area contributed by atoms with Crippen molar-refractivity contribution < 1.29 is 0 Å². The van der Waals surface area contributed by atoms with Gasteiger partial charge in [-0.25, -0.2) is 9.97 Å². The van der Waals surface area contributed by atoms with Gasteiger partial charge in [0.15, 0.2) is 0 Å². The van der Waals surface area contributed by atoms with Crippen LogP contribution < -0.4 is 11.1 Å². The standard InChI is InChI=1S/C14H24N4/c15-9-6-13-17-11-8-14(18-13)16-10-7-12-4-2-1-3-5-12/h8,11-12H,1-7,9-10,15H2,(H,16,17,18). The lowest BCUT2D eigenvalue weighted by Gasteiger charge is -2.21. The van der Waals surface area contributed by atoms with Crippen molar-refractivity contribution in [3.8, 4) is 0 Å². The van der Waals surface area contributed by atoms with Crippen LogP contribution in [-0.4, -0.2) is 23.1 Å². The average molecular weight is 248 g/mol. The lowest BCUT2D eigenvalue weighted by Crippen LogP contribution is -2.13. The van der Waals surface area contributed by atoms with Gasteiger partial charge in [-0.2, -0.15) is 0 Å². The van der Waals surface area contributed by atoms with Gasteiger partial charge in [-0.3, -0.25) is 0 Å². The quantitative estimate of drug-likeness (QED) is 0.811. The van der Waals surface area contributed by atoms with E-state index in [-0.39, 0.29) is 0 Å². The zero-order chi connectivity index (χ0) is 12.6. The van der Waals surface area contributed by atoms with E-state index >= 15 is 0 Å². The van der Waals surface area contributed by atoms with Gasteiger partial charge in [0.05, 0.1) is 0 Å². The van der Waals surface area contributed by atoms with E-state index in [1.165, 1.54) is 38.5 Å². The van der Waals surface area contributed by atoms with E-state index < -0.39 is 0 Å². The first-order chi connectivity index (χ1) is 8.88. The summed E-state index contributed by atoms with van der Waals surface area (Å²) >= 11 is 0. The van der Waals surface area contributed by atoms with Gasteiger partial charge in [0.25, 0.3) is 0 Å². The number of nitrogens with one attached hydrogen (secondary N) is 1. The first kappa shape index (κ1) is 13.3. The Kier molecular flexibility index (Phi) is 5.39. The van der Waals surface area contributed by atoms with Crippen LogP contribution in [0.15, 0.2) is 12.3 Å². The molecule has 1 aliphatic carbocycles. The molecule has 0 unspecified atom stereocenters. The van der Waals surface area contributed by atoms with Crippen LogP contribution in [-0.2, 0) is 6.42 Å². The predicted octanol–water partition coefficient (Wildman–Crippen LogP) is 2.36. The molecule has 1 saturated carbocycles. The molecule has 4 nitrogen and oxygen atoms in total. The number of aromatic nitrogens is 2. The summed E-state index contributed by atoms with van der Waals surface area (Å²) in [5, 5.41) is 3.40. The zero-order valence-electron chi connectivity index (χ0n) is 11.1. The smallest absolute Gasteiger partial charge is 0.131 e. The first-order valence-electron chi connectivity index (χ1n) is 7.14. The minimum absolute atomic E-state index is 0.603. The number of anilines is 1. The molecule has 2 rings (SSSR count). The third-order valence-electron chi connectivity index (χ3n) is 3.66. The van der Waals surface area contributed by atoms with E-state index in [2.05, 4.69) is 15.3 Å². The molecule has 18 heavy (non-hydrogen) atoms. The Morgan fingerprint density at radius 2 is 2.11 bits per heavy atom. The number of hydrogen-bond donors (Lipinski definition) is 2. The van der Waals surface area contributed by atoms with Gasteiger partial charge in [0.2, 0.25) is 0 Å². The fraction of sp³-hybridized carbons (Fsp3) is 0.714. The van der Waals surface area contributed by atoms with Crippen molar-refractivity contribution in [1.82, 2.24) is 9.97 Å². The lowest BCUT2D eigenvalue weighted by atomic mass is 9.87. The largest absolute Gasteiger partial charge is 0.370 e. The Hall–Kier alpha value is -1.16. The number of nitrogens with zero attached hydrogens (tertiary/aromatic N) is 2. The summed E-state index contributed by atoms with van der Waals surface area (Å²) < 4.78 is 0. The molecule has 0 spiro atoms. The lowest BCUT2D eigenvalue weighted by molar-refractivity contribution is 0.345. The van der Waals surface area contributed by atoms with Crippen LogP contribution in [0.3, 0.4) is 0 Å². The van der Waals surface area contributed by atoms with Crippen LogP contribution in [0.5, 0.6) is 0 Å². The maximum atomic E-state index is 5.51. The molecule has 0 amide bonds. The molecule has 0 radical (unpaired) electrons. The Morgan fingerprint density at radius 1 is 1.28 bits per heavy atom. The topological polar surface area (TPSA) is 63.8 Å². The molecule has 1 aromatic heterocycles. The van der Waals surface area contributed by atoms with Gasteiger partial charge < -0.3 is 11.1 Å². The van der Waals surface area contributed by atoms with Gasteiger partial charge in [0.1, 0.15) is 11.6 Å². The predicted molar refractivity (Wildman–Crippen MR) is 74.5 cm³/mol. The van der Waals surface area contributed by atoms with Crippen LogP contribution in [0.4, 0.5) is 5.82 Å². The fourth-order valence-corrected chi connectivity index (χ4v) is 2.63. The van der Waals surface area contributed by atoms with Crippen LogP contribution >= 0.6 is 0 Å². The van der Waals surface area contributed by atoms with Gasteiger partial charge in [-0.1, -0.05) is 32.1 Å². The second-order valence-electron chi connectivity index (χ2n) is 5.12. The van der Waals surface area contributed by atoms with E-state index in [4.69, 9.17) is 5.73 Å². The number of rotatable bonds is 6. The molecule has 0 atom stereocenters. The summed E-state index contributed by atoms with van der Waals surface area (Å²) in [5.41, 5.74) is 5.51. The second kappa shape index (κ2) is 7.31. The monoisotopic (exact) mass is 248 g/mol. The molecule has 1 heterocycles. The van der Waals surface area contributed by atoms with E-state index in [0.717, 1.165) is 30.5 Å². The van der Waals surface area contributed by atoms with Crippen LogP contribution in [0.25, 0.3) is 0 Å². The molecule has 4 heteroatoms. The van der Waals surface area contributed by atoms with Crippen molar-refractivity contribution in [2.75, 3.05) is 18.4 Å². The first-order valence-corrected chi connectivity index (χ1v) is 7.14. The molecule has 0 saturated heterocycles. The highest BCUT2D eigenvalue weighted by atomic mass is 15.0. The van der Waals surface area contributed by atoms with E-state index in [1.54, 1.807) is 6.20 Å². The summed E-state index contributed by atoms with van der Waals surface area (Å²) in [5.74, 6) is 2.68. The Labute approximate surface area is 109 Å². The third kappa shape index (κ3) is 4.26. The summed E-state index contributed by atoms with van der Waals surface area (Å²) in [7, 11) is 0. The molecule has 1 fully saturated rings. The van der Waals surface area contributed by atoms with Crippen molar-refractivity contribution >= 4 is 5.82 Å². The molecule has 3 N–H and O–H groups in total. The molecular formula is C14H24N4. The minimum atomic E-state index is 0.603. The highest BCUT2D eigenvalue weighted by Gasteiger charge is 2.12. The van der Waals surface area contributed by atoms with Gasteiger partial charge in [-0.05, 0) is 24.9 Å². The van der Waals surface area contributed by atoms with Crippen molar-refractivity contribution in [2.45, 2.75) is 44.9 Å². The van der Waals surface area contributed by atoms with Gasteiger partial charge in [-0.15, -0.1) is 0 Å². The van der Waals surface area contributed by atoms with Crippen LogP contribution in [0, 0.1) is 5.92 Å². The average Bonchev–Trinajstić information content (AvgIpc) is 2.41. The minimum Gasteiger partial charge on any atom is -0.370 e. The summed E-state index contributed by atoms with van der Waals surface area (Å²) in [6, 6.07) is 1.93. The van der Waals surface area contributed by atoms with E-state index in [0.29, 0.717) is 6.54 Å². The molecule has 100 valence electrons. The zero-order valence-corrected chi connectivity index (χ0v) is 11.1. The molecule has 0 bridgehead atoms. The Bertz CT molecular complexity index is 347. The van der Waals surface area contributed by atoms with Crippen molar-refractivity contribution in [2.24, 2.45) is 11.7 Å². The van der Waals surface area contributed by atoms with Gasteiger partial charge >= 0.3 is 0 Å². The van der Waals surface area contributed by atoms with Crippen molar-refractivity contribution in [3.63, 3.8) is 0 Å². The summed E-state index contributed by atoms with van der Waals surface area (Å²) in [6.07, 6.45) is 10.9. The van der Waals surface area contributed by atoms with Gasteiger partial charge in [0, 0.05) is 19.2 Å². The Balaban J connectivity index is 1.73. The molecular weight excluding hydrogens is 224 g/mol. The number of nitrogens with two attached hydrogens (primary N) is 1. The SMILES string of the molecule is NCCc1nccc(NCCC2CCCCC2)n1. The van der Waals surface area contributed by atoms with E-state index in [9.17, 15) is 0 Å². The fourth-order valence-electron chi connectivity index (χ4n) is 2.63. The maximum absolute atomic E-state index is 5.51.